The molecule has 0 rings (SSSR count). The summed E-state index contributed by atoms with van der Waals surface area (Å²) in [5.74, 6) is 0. The predicted molar refractivity (Wildman–Crippen MR) is 21.8 cm³/mol. The summed E-state index contributed by atoms with van der Waals surface area (Å²) in [5, 5.41) is 17.6. The minimum atomic E-state index is -0.625. The Hall–Kier alpha value is -0.200. The quantitative estimate of drug-likeness (QED) is 0.486. The SMILES string of the molecule is CN(C)ON([O-])O. The largest absolute Gasteiger partial charge is 0.737 e. The molecule has 0 aliphatic heterocycles. The van der Waals surface area contributed by atoms with Crippen LogP contribution in [0.5, 0.6) is 0 Å². The first-order chi connectivity index (χ1) is 3.13. The van der Waals surface area contributed by atoms with Crippen LogP contribution < -0.4 is 0 Å². The smallest absolute Gasteiger partial charge is 0.0143 e. The molecule has 0 saturated heterocycles. The third kappa shape index (κ3) is 5.80. The van der Waals surface area contributed by atoms with E-state index in [0.29, 0.717) is 0 Å². The van der Waals surface area contributed by atoms with Gasteiger partial charge in [-0.25, -0.2) is 0 Å². The zero-order valence-electron chi connectivity index (χ0n) is 4.16. The lowest BCUT2D eigenvalue weighted by molar-refractivity contribution is -0.400. The van der Waals surface area contributed by atoms with E-state index in [4.69, 9.17) is 5.21 Å². The molecule has 7 heavy (non-hydrogen) atoms. The molecule has 0 aromatic carbocycles. The van der Waals surface area contributed by atoms with E-state index in [0.717, 1.165) is 5.06 Å². The van der Waals surface area contributed by atoms with Gasteiger partial charge in [-0.3, -0.25) is 5.21 Å². The van der Waals surface area contributed by atoms with Crippen molar-refractivity contribution < 1.29 is 10.1 Å². The molecule has 0 aliphatic rings. The molecule has 0 atom stereocenters. The van der Waals surface area contributed by atoms with E-state index in [9.17, 15) is 5.21 Å². The Morgan fingerprint density at radius 2 is 2.00 bits per heavy atom. The van der Waals surface area contributed by atoms with Crippen LogP contribution in [0.4, 0.5) is 0 Å². The minimum Gasteiger partial charge on any atom is -0.737 e. The van der Waals surface area contributed by atoms with Crippen molar-refractivity contribution in [2.24, 2.45) is 0 Å². The fraction of sp³-hybridized carbons (Fsp3) is 1.00. The fourth-order valence-electron chi connectivity index (χ4n) is 0.140. The summed E-state index contributed by atoms with van der Waals surface area (Å²) in [6, 6.07) is 0. The lowest BCUT2D eigenvalue weighted by Crippen LogP contribution is -2.22. The molecule has 0 bridgehead atoms. The standard InChI is InChI=1S/C2H7N2O3/c1-3(2)7-4(5)6/h5H,1-2H3/q-1. The molecule has 0 radical (unpaired) electrons. The molecule has 0 aromatic rings. The van der Waals surface area contributed by atoms with Gasteiger partial charge in [-0.1, -0.05) is 0 Å². The molecule has 5 nitrogen and oxygen atoms in total. The molecule has 0 unspecified atom stereocenters. The molecule has 0 spiro atoms. The zero-order chi connectivity index (χ0) is 5.86. The molecule has 1 N–H and O–H groups in total. The molecule has 5 heteroatoms. The molecular weight excluding hydrogens is 100 g/mol. The second-order valence-electron chi connectivity index (χ2n) is 1.13. The van der Waals surface area contributed by atoms with Gasteiger partial charge in [0.1, 0.15) is 0 Å². The van der Waals surface area contributed by atoms with Crippen molar-refractivity contribution in [2.45, 2.75) is 0 Å². The van der Waals surface area contributed by atoms with Crippen molar-refractivity contribution in [3.63, 3.8) is 0 Å². The van der Waals surface area contributed by atoms with Crippen molar-refractivity contribution in [1.82, 2.24) is 10.5 Å². The van der Waals surface area contributed by atoms with Crippen molar-refractivity contribution in [2.75, 3.05) is 14.1 Å². The van der Waals surface area contributed by atoms with E-state index < -0.39 is 5.39 Å². The predicted octanol–water partition coefficient (Wildman–Crippen LogP) is -0.416. The van der Waals surface area contributed by atoms with Crippen LogP contribution in [0.3, 0.4) is 0 Å². The summed E-state index contributed by atoms with van der Waals surface area (Å²) < 4.78 is 0. The first-order valence-electron chi connectivity index (χ1n) is 1.64. The van der Waals surface area contributed by atoms with Crippen molar-refractivity contribution >= 4 is 0 Å². The summed E-state index contributed by atoms with van der Waals surface area (Å²) in [5.41, 5.74) is 0. The number of hydrogen-bond donors (Lipinski definition) is 1. The lowest BCUT2D eigenvalue weighted by Gasteiger charge is -2.21. The summed E-state index contributed by atoms with van der Waals surface area (Å²) >= 11 is 0. The van der Waals surface area contributed by atoms with Crippen LogP contribution in [-0.2, 0) is 4.94 Å². The van der Waals surface area contributed by atoms with E-state index >= 15 is 0 Å². The molecule has 0 fully saturated rings. The van der Waals surface area contributed by atoms with Crippen LogP contribution in [-0.4, -0.2) is 29.8 Å². The van der Waals surface area contributed by atoms with Crippen LogP contribution in [0.25, 0.3) is 0 Å². The highest BCUT2D eigenvalue weighted by Crippen LogP contribution is 1.79. The third-order valence-corrected chi connectivity index (χ3v) is 0.233. The van der Waals surface area contributed by atoms with E-state index in [1.54, 1.807) is 0 Å². The van der Waals surface area contributed by atoms with Crippen LogP contribution in [0.1, 0.15) is 0 Å². The number of rotatable bonds is 2. The van der Waals surface area contributed by atoms with Gasteiger partial charge in [0.2, 0.25) is 0 Å². The maximum absolute atomic E-state index is 9.46. The average molecular weight is 107 g/mol. The first kappa shape index (κ1) is 6.80. The van der Waals surface area contributed by atoms with Gasteiger partial charge < -0.3 is 5.21 Å². The Labute approximate surface area is 41.1 Å². The van der Waals surface area contributed by atoms with Gasteiger partial charge in [-0.05, 0) is 0 Å². The van der Waals surface area contributed by atoms with Gasteiger partial charge in [0.05, 0.1) is 0 Å². The summed E-state index contributed by atoms with van der Waals surface area (Å²) in [4.78, 5) is 3.92. The number of hydrogen-bond acceptors (Lipinski definition) is 5. The molecule has 0 saturated carbocycles. The Morgan fingerprint density at radius 1 is 1.57 bits per heavy atom. The third-order valence-electron chi connectivity index (χ3n) is 0.233. The fourth-order valence-corrected chi connectivity index (χ4v) is 0.140. The second kappa shape index (κ2) is 2.89. The van der Waals surface area contributed by atoms with Crippen LogP contribution in [0.15, 0.2) is 0 Å². The number of nitrogens with zero attached hydrogens (tertiary/aromatic N) is 2. The molecular formula is C2H7N2O3-. The first-order valence-corrected chi connectivity index (χ1v) is 1.64. The second-order valence-corrected chi connectivity index (χ2v) is 1.13. The molecule has 0 amide bonds. The van der Waals surface area contributed by atoms with Crippen molar-refractivity contribution in [3.05, 3.63) is 5.21 Å². The Morgan fingerprint density at radius 3 is 2.00 bits per heavy atom. The summed E-state index contributed by atoms with van der Waals surface area (Å²) in [7, 11) is 2.95. The van der Waals surface area contributed by atoms with Gasteiger partial charge in [0, 0.05) is 14.1 Å². The van der Waals surface area contributed by atoms with Gasteiger partial charge in [-0.2, -0.15) is 10.0 Å². The topological polar surface area (TPSA) is 59.0 Å². The molecule has 44 valence electrons. The van der Waals surface area contributed by atoms with Crippen LogP contribution in [0.2, 0.25) is 0 Å². The molecule has 0 heterocycles. The Bertz CT molecular complexity index is 40.2. The van der Waals surface area contributed by atoms with Crippen LogP contribution in [0, 0.1) is 5.21 Å². The highest BCUT2D eigenvalue weighted by Gasteiger charge is 1.83. The Kier molecular flexibility index (Phi) is 2.81. The lowest BCUT2D eigenvalue weighted by atomic mass is 11.2. The van der Waals surface area contributed by atoms with E-state index in [1.165, 1.54) is 14.1 Å². The van der Waals surface area contributed by atoms with Gasteiger partial charge >= 0.3 is 0 Å². The van der Waals surface area contributed by atoms with E-state index in [-0.39, 0.29) is 0 Å². The molecule has 0 aromatic heterocycles. The van der Waals surface area contributed by atoms with Gasteiger partial charge in [-0.15, -0.1) is 5.39 Å². The Balaban J connectivity index is 2.95. The van der Waals surface area contributed by atoms with Crippen molar-refractivity contribution in [1.29, 1.82) is 0 Å². The van der Waals surface area contributed by atoms with Gasteiger partial charge in [0.25, 0.3) is 0 Å². The minimum absolute atomic E-state index is 0.625. The maximum atomic E-state index is 9.46. The zero-order valence-corrected chi connectivity index (χ0v) is 4.16. The number of hydroxylamine groups is 2. The highest BCUT2D eigenvalue weighted by molar-refractivity contribution is 4.10. The van der Waals surface area contributed by atoms with E-state index in [2.05, 4.69) is 4.94 Å². The molecule has 0 aliphatic carbocycles. The normalized spacial score (nSPS) is 11.1. The average Bonchev–Trinajstić information content (AvgIpc) is 1.27. The highest BCUT2D eigenvalue weighted by atomic mass is 17.1. The van der Waals surface area contributed by atoms with Gasteiger partial charge in [0.15, 0.2) is 0 Å². The monoisotopic (exact) mass is 107 g/mol. The van der Waals surface area contributed by atoms with Crippen molar-refractivity contribution in [3.8, 4) is 0 Å². The van der Waals surface area contributed by atoms with E-state index in [1.807, 2.05) is 0 Å². The maximum Gasteiger partial charge on any atom is 0.0143 e. The van der Waals surface area contributed by atoms with Crippen LogP contribution >= 0.6 is 0 Å². The summed E-state index contributed by atoms with van der Waals surface area (Å²) in [6.45, 7) is 0. The summed E-state index contributed by atoms with van der Waals surface area (Å²) in [6.07, 6.45) is 0.